The molecule has 2 rings (SSSR count). The Balaban J connectivity index is 1.69. The van der Waals surface area contributed by atoms with Crippen LogP contribution in [0.15, 0.2) is 41.6 Å². The maximum Gasteiger partial charge on any atom is 0.315 e. The highest BCUT2D eigenvalue weighted by molar-refractivity contribution is 7.99. The summed E-state index contributed by atoms with van der Waals surface area (Å²) in [4.78, 5) is 12.4. The molecule has 1 aromatic heterocycles. The number of benzene rings is 1. The van der Waals surface area contributed by atoms with Crippen molar-refractivity contribution in [2.24, 2.45) is 7.05 Å². The number of halogens is 1. The monoisotopic (exact) mass is 322 g/mol. The van der Waals surface area contributed by atoms with Gasteiger partial charge in [0.2, 0.25) is 0 Å². The fraction of sp³-hybridized carbons (Fsp3) is 0.333. The second-order valence-electron chi connectivity index (χ2n) is 4.85. The molecule has 5 nitrogen and oxygen atoms in total. The summed E-state index contributed by atoms with van der Waals surface area (Å²) < 4.78 is 15.1. The maximum absolute atomic E-state index is 13.4. The van der Waals surface area contributed by atoms with Crippen molar-refractivity contribution < 1.29 is 9.18 Å². The number of nitrogens with zero attached hydrogens (tertiary/aromatic N) is 2. The van der Waals surface area contributed by atoms with Crippen LogP contribution in [0, 0.1) is 5.82 Å². The molecule has 0 aliphatic carbocycles. The van der Waals surface area contributed by atoms with Crippen LogP contribution in [-0.4, -0.2) is 28.1 Å². The van der Waals surface area contributed by atoms with Crippen LogP contribution >= 0.6 is 11.8 Å². The van der Waals surface area contributed by atoms with Crippen molar-refractivity contribution in [1.82, 2.24) is 20.4 Å². The van der Waals surface area contributed by atoms with E-state index in [1.165, 1.54) is 17.8 Å². The van der Waals surface area contributed by atoms with Crippen molar-refractivity contribution in [3.63, 3.8) is 0 Å². The van der Waals surface area contributed by atoms with Gasteiger partial charge in [-0.1, -0.05) is 12.1 Å². The molecule has 0 fully saturated rings. The highest BCUT2D eigenvalue weighted by Gasteiger charge is 2.10. The number of carbonyl (C=O) groups is 1. The Morgan fingerprint density at radius 2 is 2.23 bits per heavy atom. The topological polar surface area (TPSA) is 59.0 Å². The highest BCUT2D eigenvalue weighted by atomic mass is 32.2. The molecule has 22 heavy (non-hydrogen) atoms. The molecule has 7 heteroatoms. The number of carbonyl (C=O) groups excluding carboxylic acids is 1. The third kappa shape index (κ3) is 4.77. The van der Waals surface area contributed by atoms with Crippen LogP contribution in [0.25, 0.3) is 0 Å². The van der Waals surface area contributed by atoms with E-state index in [-0.39, 0.29) is 17.9 Å². The van der Waals surface area contributed by atoms with Gasteiger partial charge in [-0.2, -0.15) is 5.10 Å². The molecule has 1 atom stereocenters. The summed E-state index contributed by atoms with van der Waals surface area (Å²) >= 11 is 1.38. The van der Waals surface area contributed by atoms with Crippen LogP contribution in [0.4, 0.5) is 9.18 Å². The van der Waals surface area contributed by atoms with Crippen molar-refractivity contribution in [2.45, 2.75) is 17.9 Å². The van der Waals surface area contributed by atoms with Gasteiger partial charge in [-0.05, 0) is 19.1 Å². The molecule has 1 heterocycles. The Hall–Kier alpha value is -2.02. The first-order chi connectivity index (χ1) is 10.6. The van der Waals surface area contributed by atoms with E-state index < -0.39 is 0 Å². The number of aromatic nitrogens is 2. The molecule has 118 valence electrons. The lowest BCUT2D eigenvalue weighted by Crippen LogP contribution is -2.38. The Bertz CT molecular complexity index is 632. The van der Waals surface area contributed by atoms with E-state index in [2.05, 4.69) is 15.7 Å². The minimum atomic E-state index is -0.245. The second kappa shape index (κ2) is 7.84. The van der Waals surface area contributed by atoms with Crippen LogP contribution < -0.4 is 10.6 Å². The fourth-order valence-electron chi connectivity index (χ4n) is 1.88. The molecule has 0 bridgehead atoms. The van der Waals surface area contributed by atoms with Gasteiger partial charge in [-0.25, -0.2) is 9.18 Å². The summed E-state index contributed by atoms with van der Waals surface area (Å²) in [6.07, 6.45) is 3.58. The molecule has 0 saturated heterocycles. The quantitative estimate of drug-likeness (QED) is 0.635. The summed E-state index contributed by atoms with van der Waals surface area (Å²) in [7, 11) is 1.83. The lowest BCUT2D eigenvalue weighted by molar-refractivity contribution is 0.238. The SMILES string of the molecule is C[C@@H](NC(=O)NCCSc1ccccc1F)c1cnn(C)c1. The third-order valence-corrected chi connectivity index (χ3v) is 4.10. The summed E-state index contributed by atoms with van der Waals surface area (Å²) in [5.74, 6) is 0.373. The molecule has 0 unspecified atom stereocenters. The van der Waals surface area contributed by atoms with Gasteiger partial charge >= 0.3 is 6.03 Å². The van der Waals surface area contributed by atoms with Crippen LogP contribution in [0.1, 0.15) is 18.5 Å². The zero-order valence-corrected chi connectivity index (χ0v) is 13.4. The maximum atomic E-state index is 13.4. The first-order valence-corrected chi connectivity index (χ1v) is 7.95. The molecular formula is C15H19FN4OS. The minimum absolute atomic E-state index is 0.118. The van der Waals surface area contributed by atoms with Gasteiger partial charge in [0.1, 0.15) is 5.82 Å². The van der Waals surface area contributed by atoms with Gasteiger partial charge in [0.25, 0.3) is 0 Å². The van der Waals surface area contributed by atoms with Gasteiger partial charge in [-0.15, -0.1) is 11.8 Å². The van der Waals surface area contributed by atoms with E-state index in [0.29, 0.717) is 17.2 Å². The molecule has 0 aliphatic heterocycles. The van der Waals surface area contributed by atoms with Crippen molar-refractivity contribution in [3.8, 4) is 0 Å². The zero-order chi connectivity index (χ0) is 15.9. The van der Waals surface area contributed by atoms with Gasteiger partial charge in [-0.3, -0.25) is 4.68 Å². The van der Waals surface area contributed by atoms with Gasteiger partial charge < -0.3 is 10.6 Å². The molecule has 0 radical (unpaired) electrons. The fourth-order valence-corrected chi connectivity index (χ4v) is 2.69. The van der Waals surface area contributed by atoms with E-state index in [9.17, 15) is 9.18 Å². The molecule has 2 amide bonds. The lowest BCUT2D eigenvalue weighted by Gasteiger charge is -2.13. The van der Waals surface area contributed by atoms with Gasteiger partial charge in [0.05, 0.1) is 12.2 Å². The molecule has 0 aliphatic rings. The normalized spacial score (nSPS) is 12.0. The van der Waals surface area contributed by atoms with Crippen molar-refractivity contribution in [1.29, 1.82) is 0 Å². The number of amides is 2. The zero-order valence-electron chi connectivity index (χ0n) is 12.5. The Kier molecular flexibility index (Phi) is 5.83. The van der Waals surface area contributed by atoms with Crippen LogP contribution in [-0.2, 0) is 7.05 Å². The average Bonchev–Trinajstić information content (AvgIpc) is 2.92. The lowest BCUT2D eigenvalue weighted by atomic mass is 10.2. The number of hydrogen-bond donors (Lipinski definition) is 2. The molecule has 1 aromatic carbocycles. The summed E-state index contributed by atoms with van der Waals surface area (Å²) in [6.45, 7) is 2.36. The number of urea groups is 1. The second-order valence-corrected chi connectivity index (χ2v) is 5.98. The van der Waals surface area contributed by atoms with E-state index in [4.69, 9.17) is 0 Å². The van der Waals surface area contributed by atoms with Crippen molar-refractivity contribution >= 4 is 17.8 Å². The number of nitrogens with one attached hydrogen (secondary N) is 2. The largest absolute Gasteiger partial charge is 0.337 e. The van der Waals surface area contributed by atoms with E-state index >= 15 is 0 Å². The smallest absolute Gasteiger partial charge is 0.315 e. The third-order valence-electron chi connectivity index (χ3n) is 3.05. The predicted octanol–water partition coefficient (Wildman–Crippen LogP) is 2.71. The minimum Gasteiger partial charge on any atom is -0.337 e. The van der Waals surface area contributed by atoms with Gasteiger partial charge in [0.15, 0.2) is 0 Å². The van der Waals surface area contributed by atoms with Crippen molar-refractivity contribution in [3.05, 3.63) is 48.0 Å². The van der Waals surface area contributed by atoms with E-state index in [1.54, 1.807) is 29.1 Å². The summed E-state index contributed by atoms with van der Waals surface area (Å²) in [5.41, 5.74) is 0.943. The number of thioether (sulfide) groups is 1. The molecule has 0 saturated carbocycles. The highest BCUT2D eigenvalue weighted by Crippen LogP contribution is 2.20. The molecule has 2 N–H and O–H groups in total. The molecular weight excluding hydrogens is 303 g/mol. The first-order valence-electron chi connectivity index (χ1n) is 6.96. The Morgan fingerprint density at radius 1 is 1.45 bits per heavy atom. The van der Waals surface area contributed by atoms with Crippen LogP contribution in [0.2, 0.25) is 0 Å². The van der Waals surface area contributed by atoms with E-state index in [0.717, 1.165) is 5.56 Å². The van der Waals surface area contributed by atoms with Gasteiger partial charge in [0, 0.05) is 36.0 Å². The standard InChI is InChI=1S/C15H19FN4OS/c1-11(12-9-18-20(2)10-12)19-15(21)17-7-8-22-14-6-4-3-5-13(14)16/h3-6,9-11H,7-8H2,1-2H3,(H2,17,19,21)/t11-/m1/s1. The van der Waals surface area contributed by atoms with Crippen LogP contribution in [0.3, 0.4) is 0 Å². The molecule has 0 spiro atoms. The Morgan fingerprint density at radius 3 is 2.91 bits per heavy atom. The molecule has 2 aromatic rings. The Labute approximate surface area is 133 Å². The number of aryl methyl sites for hydroxylation is 1. The predicted molar refractivity (Wildman–Crippen MR) is 85.3 cm³/mol. The summed E-state index contributed by atoms with van der Waals surface area (Å²) in [5, 5.41) is 9.66. The first kappa shape index (κ1) is 16.4. The van der Waals surface area contributed by atoms with Crippen molar-refractivity contribution in [2.75, 3.05) is 12.3 Å². The number of rotatable bonds is 6. The summed E-state index contributed by atoms with van der Waals surface area (Å²) in [6, 6.07) is 6.24. The van der Waals surface area contributed by atoms with Crippen LogP contribution in [0.5, 0.6) is 0 Å². The number of hydrogen-bond acceptors (Lipinski definition) is 3. The van der Waals surface area contributed by atoms with E-state index in [1.807, 2.05) is 20.2 Å². The average molecular weight is 322 g/mol.